The first-order valence-electron chi connectivity index (χ1n) is 11.9. The van der Waals surface area contributed by atoms with Crippen LogP contribution in [0.2, 0.25) is 0 Å². The predicted molar refractivity (Wildman–Crippen MR) is 149 cm³/mol. The zero-order valence-corrected chi connectivity index (χ0v) is 21.7. The lowest BCUT2D eigenvalue weighted by atomic mass is 9.91. The Morgan fingerprint density at radius 3 is 1.45 bits per heavy atom. The topological polar surface area (TPSA) is 93.1 Å². The second-order valence-corrected chi connectivity index (χ2v) is 8.97. The molecule has 0 fully saturated rings. The number of carbonyl (C=O) groups excluding carboxylic acids is 1. The second-order valence-electron chi connectivity index (χ2n) is 8.97. The van der Waals surface area contributed by atoms with Crippen molar-refractivity contribution in [2.75, 3.05) is 14.2 Å². The van der Waals surface area contributed by atoms with Crippen molar-refractivity contribution in [3.05, 3.63) is 102 Å². The number of ether oxygens (including phenoxy) is 2. The van der Waals surface area contributed by atoms with Crippen LogP contribution in [-0.2, 0) is 0 Å². The van der Waals surface area contributed by atoms with Gasteiger partial charge < -0.3 is 19.7 Å². The molecular weight excluding hydrogens is 480 g/mol. The smallest absolute Gasteiger partial charge is 0.339 e. The summed E-state index contributed by atoms with van der Waals surface area (Å²) in [7, 11) is 2.97. The van der Waals surface area contributed by atoms with Crippen LogP contribution in [0.25, 0.3) is 39.1 Å². The zero-order valence-electron chi connectivity index (χ0n) is 21.7. The number of aliphatic hydroxyl groups is 1. The van der Waals surface area contributed by atoms with Crippen LogP contribution in [0.1, 0.15) is 38.8 Å². The second kappa shape index (κ2) is 10.6. The van der Waals surface area contributed by atoms with Crippen molar-refractivity contribution in [2.45, 2.75) is 13.8 Å². The van der Waals surface area contributed by atoms with E-state index in [0.29, 0.717) is 16.9 Å². The van der Waals surface area contributed by atoms with Crippen LogP contribution in [0.5, 0.6) is 11.5 Å². The molecule has 0 aliphatic rings. The fourth-order valence-corrected chi connectivity index (χ4v) is 4.50. The van der Waals surface area contributed by atoms with Gasteiger partial charge in [-0.05, 0) is 95.3 Å². The van der Waals surface area contributed by atoms with Gasteiger partial charge >= 0.3 is 5.97 Å². The average Bonchev–Trinajstić information content (AvgIpc) is 2.91. The Labute approximate surface area is 221 Å². The number of rotatable bonds is 8. The molecule has 192 valence electrons. The number of aromatic carboxylic acids is 1. The third-order valence-corrected chi connectivity index (χ3v) is 6.48. The molecule has 0 amide bonds. The molecule has 6 nitrogen and oxygen atoms in total. The minimum Gasteiger partial charge on any atom is -0.508 e. The number of aliphatic hydroxyl groups excluding tert-OH is 1. The number of carboxylic acids is 1. The summed E-state index contributed by atoms with van der Waals surface area (Å²) in [4.78, 5) is 23.6. The lowest BCUT2D eigenvalue weighted by Crippen LogP contribution is -2.00. The van der Waals surface area contributed by atoms with Gasteiger partial charge in [0.1, 0.15) is 22.8 Å². The predicted octanol–water partition coefficient (Wildman–Crippen LogP) is 7.44. The van der Waals surface area contributed by atoms with Gasteiger partial charge in [-0.15, -0.1) is 0 Å². The molecule has 2 N–H and O–H groups in total. The van der Waals surface area contributed by atoms with Crippen LogP contribution in [0, 0.1) is 6.92 Å². The number of carbonyl (C=O) groups is 2. The summed E-state index contributed by atoms with van der Waals surface area (Å²) in [6, 6.07) is 22.2. The van der Waals surface area contributed by atoms with Gasteiger partial charge in [-0.1, -0.05) is 36.9 Å². The molecule has 4 rings (SSSR count). The van der Waals surface area contributed by atoms with Gasteiger partial charge in [0.15, 0.2) is 5.78 Å². The first kappa shape index (κ1) is 26.2. The highest BCUT2D eigenvalue weighted by Crippen LogP contribution is 2.37. The van der Waals surface area contributed by atoms with Crippen molar-refractivity contribution in [1.29, 1.82) is 0 Å². The minimum atomic E-state index is -1.07. The summed E-state index contributed by atoms with van der Waals surface area (Å²) in [6.45, 7) is 7.04. The first-order chi connectivity index (χ1) is 18.1. The molecule has 0 aliphatic carbocycles. The zero-order chi connectivity index (χ0) is 27.6. The number of methoxy groups -OCH3 is 2. The maximum Gasteiger partial charge on any atom is 0.339 e. The third-order valence-electron chi connectivity index (χ3n) is 6.48. The normalized spacial score (nSPS) is 10.6. The van der Waals surface area contributed by atoms with E-state index in [1.807, 2.05) is 55.5 Å². The number of carboxylic acid groups (broad SMARTS) is 1. The Morgan fingerprint density at radius 1 is 0.632 bits per heavy atom. The van der Waals surface area contributed by atoms with Gasteiger partial charge in [0, 0.05) is 5.56 Å². The highest BCUT2D eigenvalue weighted by Gasteiger charge is 2.16. The number of aryl methyl sites for hydroxylation is 1. The Bertz CT molecular complexity index is 1500. The van der Waals surface area contributed by atoms with Crippen LogP contribution in [0.3, 0.4) is 0 Å². The molecule has 0 radical (unpaired) electrons. The highest BCUT2D eigenvalue weighted by molar-refractivity contribution is 5.98. The molecule has 4 aromatic rings. The van der Waals surface area contributed by atoms with E-state index in [1.165, 1.54) is 27.2 Å². The SMILES string of the molecule is C=C(O)c1ccc(-c2cc(-c3ccc(C(C)=O)c(OC)c3)cc(-c3ccc(C(=O)O)c(OC)c3)c2)cc1C. The maximum atomic E-state index is 12.0. The van der Waals surface area contributed by atoms with Crippen LogP contribution in [0.4, 0.5) is 0 Å². The summed E-state index contributed by atoms with van der Waals surface area (Å²) in [5.74, 6) is -0.407. The number of hydrogen-bond donors (Lipinski definition) is 2. The highest BCUT2D eigenvalue weighted by atomic mass is 16.5. The molecule has 0 unspecified atom stereocenters. The minimum absolute atomic E-state index is 0.00626. The Morgan fingerprint density at radius 2 is 1.05 bits per heavy atom. The maximum absolute atomic E-state index is 12.0. The molecule has 0 atom stereocenters. The van der Waals surface area contributed by atoms with Gasteiger partial charge in [0.05, 0.1) is 19.8 Å². The molecule has 0 spiro atoms. The van der Waals surface area contributed by atoms with Crippen LogP contribution in [0.15, 0.2) is 79.4 Å². The average molecular weight is 509 g/mol. The Balaban J connectivity index is 1.95. The van der Waals surface area contributed by atoms with Gasteiger partial charge in [0.2, 0.25) is 0 Å². The molecule has 0 aromatic heterocycles. The van der Waals surface area contributed by atoms with Crippen molar-refractivity contribution in [3.8, 4) is 44.9 Å². The van der Waals surface area contributed by atoms with Crippen molar-refractivity contribution in [2.24, 2.45) is 0 Å². The summed E-state index contributed by atoms with van der Waals surface area (Å²) < 4.78 is 10.8. The van der Waals surface area contributed by atoms with Crippen LogP contribution < -0.4 is 9.47 Å². The van der Waals surface area contributed by atoms with Gasteiger partial charge in [-0.2, -0.15) is 0 Å². The molecule has 6 heteroatoms. The van der Waals surface area contributed by atoms with Gasteiger partial charge in [-0.3, -0.25) is 4.79 Å². The molecule has 0 saturated carbocycles. The third kappa shape index (κ3) is 5.15. The summed E-state index contributed by atoms with van der Waals surface area (Å²) >= 11 is 0. The van der Waals surface area contributed by atoms with Crippen molar-refractivity contribution in [3.63, 3.8) is 0 Å². The fraction of sp³-hybridized carbons (Fsp3) is 0.125. The van der Waals surface area contributed by atoms with E-state index in [9.17, 15) is 19.8 Å². The van der Waals surface area contributed by atoms with Crippen molar-refractivity contribution in [1.82, 2.24) is 0 Å². The molecule has 0 aliphatic heterocycles. The molecule has 0 bridgehead atoms. The molecule has 0 saturated heterocycles. The number of hydrogen-bond acceptors (Lipinski definition) is 5. The van der Waals surface area contributed by atoms with E-state index in [4.69, 9.17) is 9.47 Å². The number of Topliss-reactive ketones (excluding diaryl/α,β-unsaturated/α-hetero) is 1. The van der Waals surface area contributed by atoms with E-state index in [0.717, 1.165) is 38.9 Å². The molecule has 4 aromatic carbocycles. The number of benzene rings is 4. The number of ketones is 1. The van der Waals surface area contributed by atoms with Crippen LogP contribution >= 0.6 is 0 Å². The summed E-state index contributed by atoms with van der Waals surface area (Å²) in [6.07, 6.45) is 0. The lowest BCUT2D eigenvalue weighted by Gasteiger charge is -2.15. The standard InChI is InChI=1S/C32H28O6/c1-18-12-21(6-9-27(18)19(2)33)24-13-25(22-7-10-28(20(3)34)30(16-22)37-4)15-26(14-24)23-8-11-29(32(35)36)31(17-23)38-5/h6-17,33H,2H2,1,3-5H3,(H,35,36). The largest absolute Gasteiger partial charge is 0.508 e. The monoisotopic (exact) mass is 508 g/mol. The van der Waals surface area contributed by atoms with E-state index >= 15 is 0 Å². The van der Waals surface area contributed by atoms with E-state index in [1.54, 1.807) is 18.2 Å². The summed E-state index contributed by atoms with van der Waals surface area (Å²) in [5.41, 5.74) is 7.30. The molecular formula is C32H28O6. The first-order valence-corrected chi connectivity index (χ1v) is 11.9. The molecule has 0 heterocycles. The Kier molecular flexibility index (Phi) is 7.35. The van der Waals surface area contributed by atoms with Crippen LogP contribution in [-0.4, -0.2) is 36.2 Å². The van der Waals surface area contributed by atoms with Crippen molar-refractivity contribution < 1.29 is 29.3 Å². The quantitative estimate of drug-likeness (QED) is 0.190. The lowest BCUT2D eigenvalue weighted by molar-refractivity contribution is 0.0693. The molecule has 38 heavy (non-hydrogen) atoms. The van der Waals surface area contributed by atoms with E-state index in [2.05, 4.69) is 6.58 Å². The van der Waals surface area contributed by atoms with E-state index in [-0.39, 0.29) is 22.9 Å². The fourth-order valence-electron chi connectivity index (χ4n) is 4.50. The van der Waals surface area contributed by atoms with Gasteiger partial charge in [0.25, 0.3) is 0 Å². The summed E-state index contributed by atoms with van der Waals surface area (Å²) in [5, 5.41) is 19.4. The Hall–Kier alpha value is -4.84. The van der Waals surface area contributed by atoms with Gasteiger partial charge in [-0.25, -0.2) is 4.79 Å². The van der Waals surface area contributed by atoms with Crippen molar-refractivity contribution >= 4 is 17.5 Å². The van der Waals surface area contributed by atoms with E-state index < -0.39 is 5.97 Å².